The molecule has 350 valence electrons. The molecule has 1 aromatic heterocycles. The molecule has 4 aromatic rings. The van der Waals surface area contributed by atoms with Crippen LogP contribution in [0.15, 0.2) is 84.9 Å². The molecule has 0 radical (unpaired) electrons. The highest BCUT2D eigenvalue weighted by atomic mass is 31.2. The fourth-order valence-electron chi connectivity index (χ4n) is 8.17. The number of fused-ring (bicyclic) bond motifs is 1. The highest BCUT2D eigenvalue weighted by Crippen LogP contribution is 2.49. The molecule has 3 N–H and O–H groups in total. The number of ether oxygens (including phenoxy) is 4. The molecular weight excluding hydrogens is 850 g/mol. The van der Waals surface area contributed by atoms with Crippen LogP contribution < -0.4 is 29.7 Å². The maximum Gasteiger partial charge on any atom is 0.408 e. The Kier molecular flexibility index (Phi) is 16.2. The second kappa shape index (κ2) is 21.6. The summed E-state index contributed by atoms with van der Waals surface area (Å²) in [7, 11) is -2.60. The molecule has 0 bridgehead atoms. The number of nitrogens with one attached hydrogen (secondary N) is 3. The Labute approximate surface area is 382 Å². The van der Waals surface area contributed by atoms with Gasteiger partial charge in [0.2, 0.25) is 11.8 Å². The van der Waals surface area contributed by atoms with Gasteiger partial charge < -0.3 is 39.0 Å². The molecule has 15 nitrogen and oxygen atoms in total. The number of aromatic nitrogens is 1. The van der Waals surface area contributed by atoms with Crippen molar-refractivity contribution in [3.8, 4) is 28.5 Å². The van der Waals surface area contributed by atoms with E-state index in [2.05, 4.69) is 15.7 Å². The molecule has 1 aliphatic heterocycles. The first-order chi connectivity index (χ1) is 31.0. The van der Waals surface area contributed by atoms with Crippen LogP contribution in [0.2, 0.25) is 0 Å². The first kappa shape index (κ1) is 48.8. The number of methoxy groups -OCH3 is 1. The largest absolute Gasteiger partial charge is 0.497 e. The number of nitrogens with zero attached hydrogens (tertiary/aromatic N) is 2. The van der Waals surface area contributed by atoms with Gasteiger partial charge in [0.1, 0.15) is 53.4 Å². The normalized spacial score (nSPS) is 18.9. The number of pyridine rings is 1. The van der Waals surface area contributed by atoms with Crippen LogP contribution in [0, 0.1) is 5.41 Å². The van der Waals surface area contributed by atoms with Crippen molar-refractivity contribution in [2.45, 2.75) is 136 Å². The molecule has 6 atom stereocenters. The van der Waals surface area contributed by atoms with Crippen molar-refractivity contribution < 1.29 is 47.2 Å². The Bertz CT molecular complexity index is 2320. The summed E-state index contributed by atoms with van der Waals surface area (Å²) >= 11 is 0. The topological polar surface area (TPSA) is 184 Å². The lowest BCUT2D eigenvalue weighted by molar-refractivity contribution is -0.149. The molecule has 3 aromatic carbocycles. The number of hydrogen-bond donors (Lipinski definition) is 3. The van der Waals surface area contributed by atoms with Gasteiger partial charge in [0.25, 0.3) is 0 Å². The average molecular weight is 914 g/mol. The predicted molar refractivity (Wildman–Crippen MR) is 249 cm³/mol. The summed E-state index contributed by atoms with van der Waals surface area (Å²) in [4.78, 5) is 62.8. The van der Waals surface area contributed by atoms with Crippen molar-refractivity contribution in [1.82, 2.24) is 25.6 Å². The molecule has 3 amide bonds. The lowest BCUT2D eigenvalue weighted by Crippen LogP contribution is -2.58. The fraction of sp³-hybridized carbons (Fsp3) is 0.490. The number of hydrogen-bond acceptors (Lipinski definition) is 11. The van der Waals surface area contributed by atoms with Gasteiger partial charge in [0, 0.05) is 29.5 Å². The van der Waals surface area contributed by atoms with Crippen molar-refractivity contribution in [2.75, 3.05) is 13.7 Å². The van der Waals surface area contributed by atoms with Gasteiger partial charge in [-0.15, -0.1) is 0 Å². The van der Waals surface area contributed by atoms with Gasteiger partial charge in [-0.05, 0) is 82.6 Å². The maximum atomic E-state index is 15.2. The molecule has 16 heteroatoms. The maximum absolute atomic E-state index is 15.2. The van der Waals surface area contributed by atoms with Gasteiger partial charge in [-0.2, -0.15) is 0 Å². The number of alkyl carbamates (subject to hydrolysis) is 1. The van der Waals surface area contributed by atoms with Crippen molar-refractivity contribution in [3.05, 3.63) is 84.9 Å². The zero-order chi connectivity index (χ0) is 46.9. The quantitative estimate of drug-likeness (QED) is 0.0638. The van der Waals surface area contributed by atoms with E-state index in [9.17, 15) is 14.4 Å². The van der Waals surface area contributed by atoms with Gasteiger partial charge in [-0.1, -0.05) is 82.6 Å². The van der Waals surface area contributed by atoms with Gasteiger partial charge in [0.05, 0.1) is 31.0 Å². The van der Waals surface area contributed by atoms with E-state index < -0.39 is 72.9 Å². The molecule has 1 saturated carbocycles. The minimum absolute atomic E-state index is 0.0313. The number of carbonyl (C=O) groups excluding carboxylic acids is 4. The molecule has 2 aliphatic rings. The predicted octanol–water partition coefficient (Wildman–Crippen LogP) is 8.79. The van der Waals surface area contributed by atoms with Crippen LogP contribution in [-0.4, -0.2) is 89.6 Å². The molecule has 2 unspecified atom stereocenters. The standard InChI is InChI=1S/C49H64N5O10P/c1-9-18-43(65(59,64-35-23-14-11-15-24-35)53-32(4)47(57)61-31(2)3)51-45(55)41-28-37(30-54(41)46(56)44(49(5,6)7)52-48(58)63-34-21-16-17-22-34)62-42-29-39(33-19-12-10-13-20-33)50-40-27-36(60-8)25-26-38(40)42/h10-15,19-20,23-27,29,31-32,34,37,41,43-44H,9,16-18,21-22,28,30H2,1-8H3,(H,51,55)(H,52,58)(H,53,59)/t32-,37+,41-,43?,44+,65?/m0/s1. The Hall–Kier alpha value is -5.66. The average Bonchev–Trinajstić information content (AvgIpc) is 3.95. The Morgan fingerprint density at radius 3 is 2.18 bits per heavy atom. The van der Waals surface area contributed by atoms with Crippen molar-refractivity contribution in [3.63, 3.8) is 0 Å². The first-order valence-electron chi connectivity index (χ1n) is 22.6. The number of likely N-dealkylation sites (tertiary alicyclic amines) is 1. The molecule has 2 fully saturated rings. The number of para-hydroxylation sites is 1. The van der Waals surface area contributed by atoms with Gasteiger partial charge in [0.15, 0.2) is 0 Å². The highest BCUT2D eigenvalue weighted by Gasteiger charge is 2.48. The van der Waals surface area contributed by atoms with E-state index in [0.717, 1.165) is 31.2 Å². The second-order valence-electron chi connectivity index (χ2n) is 18.1. The first-order valence-corrected chi connectivity index (χ1v) is 24.3. The third-order valence-corrected chi connectivity index (χ3v) is 13.9. The third kappa shape index (κ3) is 12.6. The second-order valence-corrected chi connectivity index (χ2v) is 20.4. The van der Waals surface area contributed by atoms with Crippen LogP contribution in [0.4, 0.5) is 4.79 Å². The van der Waals surface area contributed by atoms with Crippen molar-refractivity contribution >= 4 is 42.3 Å². The molecule has 2 heterocycles. The van der Waals surface area contributed by atoms with Crippen LogP contribution in [0.5, 0.6) is 17.2 Å². The van der Waals surface area contributed by atoms with E-state index in [1.165, 1.54) is 11.8 Å². The lowest BCUT2D eigenvalue weighted by Gasteiger charge is -2.36. The molecule has 1 saturated heterocycles. The summed E-state index contributed by atoms with van der Waals surface area (Å²) in [6.45, 7) is 12.3. The molecular formula is C49H64N5O10P. The van der Waals surface area contributed by atoms with Crippen LogP contribution in [0.1, 0.15) is 93.4 Å². The van der Waals surface area contributed by atoms with Crippen LogP contribution >= 0.6 is 7.52 Å². The smallest absolute Gasteiger partial charge is 0.408 e. The van der Waals surface area contributed by atoms with E-state index in [0.29, 0.717) is 34.5 Å². The molecule has 1 aliphatic carbocycles. The highest BCUT2D eigenvalue weighted by molar-refractivity contribution is 7.58. The van der Waals surface area contributed by atoms with Gasteiger partial charge in [-0.3, -0.25) is 18.9 Å². The van der Waals surface area contributed by atoms with E-state index in [-0.39, 0.29) is 31.2 Å². The zero-order valence-corrected chi connectivity index (χ0v) is 39.6. The van der Waals surface area contributed by atoms with Crippen LogP contribution in [-0.2, 0) is 28.4 Å². The monoisotopic (exact) mass is 913 g/mol. The summed E-state index contributed by atoms with van der Waals surface area (Å²) in [6.07, 6.45) is 2.01. The van der Waals surface area contributed by atoms with Crippen LogP contribution in [0.25, 0.3) is 22.2 Å². The number of esters is 1. The van der Waals surface area contributed by atoms with Crippen LogP contribution in [0.3, 0.4) is 0 Å². The Balaban J connectivity index is 1.36. The van der Waals surface area contributed by atoms with Crippen molar-refractivity contribution in [2.24, 2.45) is 5.41 Å². The van der Waals surface area contributed by atoms with E-state index in [4.69, 9.17) is 28.5 Å². The minimum Gasteiger partial charge on any atom is -0.497 e. The number of carbonyl (C=O) groups is 4. The summed E-state index contributed by atoms with van der Waals surface area (Å²) in [6, 6.07) is 22.1. The van der Waals surface area contributed by atoms with Crippen molar-refractivity contribution in [1.29, 1.82) is 0 Å². The number of benzene rings is 3. The van der Waals surface area contributed by atoms with E-state index in [1.54, 1.807) is 51.3 Å². The van der Waals surface area contributed by atoms with Gasteiger partial charge in [-0.25, -0.2) is 14.9 Å². The summed E-state index contributed by atoms with van der Waals surface area (Å²) in [5.74, 6) is -1.58. The summed E-state index contributed by atoms with van der Waals surface area (Å²) in [5.41, 5.74) is 1.31. The minimum atomic E-state index is -4.19. The molecule has 0 spiro atoms. The Morgan fingerprint density at radius 1 is 0.877 bits per heavy atom. The lowest BCUT2D eigenvalue weighted by atomic mass is 9.85. The van der Waals surface area contributed by atoms with Gasteiger partial charge >= 0.3 is 19.6 Å². The number of amides is 3. The van der Waals surface area contributed by atoms with E-state index >= 15 is 9.36 Å². The fourth-order valence-corrected chi connectivity index (χ4v) is 10.5. The SMILES string of the molecule is CCCC(NC(=O)[C@@H]1C[C@@H](Oc2cc(-c3ccccc3)nc3cc(OC)ccc23)CN1C(=O)[C@@H](NC(=O)OC1CCCC1)C(C)(C)C)P(=O)(N[C@@H](C)C(=O)OC(C)C)Oc1ccccc1. The number of rotatable bonds is 18. The molecule has 6 rings (SSSR count). The summed E-state index contributed by atoms with van der Waals surface area (Å²) < 4.78 is 44.9. The Morgan fingerprint density at radius 2 is 1.55 bits per heavy atom. The van der Waals surface area contributed by atoms with E-state index in [1.807, 2.05) is 82.3 Å². The third-order valence-electron chi connectivity index (χ3n) is 11.5. The summed E-state index contributed by atoms with van der Waals surface area (Å²) in [5, 5.41) is 9.42. The molecule has 65 heavy (non-hydrogen) atoms. The zero-order valence-electron chi connectivity index (χ0n) is 38.7.